The summed E-state index contributed by atoms with van der Waals surface area (Å²) in [7, 11) is 1.25. The Labute approximate surface area is 350 Å². The maximum atomic E-state index is 12.8. The van der Waals surface area contributed by atoms with E-state index in [9.17, 15) is 19.4 Å². The van der Waals surface area contributed by atoms with Crippen LogP contribution >= 0.6 is 7.82 Å². The van der Waals surface area contributed by atoms with Gasteiger partial charge in [0.1, 0.15) is 13.2 Å². The molecule has 0 aliphatic carbocycles. The second kappa shape index (κ2) is 39.2. The van der Waals surface area contributed by atoms with E-state index in [2.05, 4.69) is 104 Å². The molecule has 0 spiro atoms. The number of carbonyl (C=O) groups excluding carboxylic acids is 1. The number of likely N-dealkylation sites (N-methyl/N-ethyl adjacent to an activating group) is 1. The average Bonchev–Trinajstić information content (AvgIpc) is 3.16. The number of phosphoric acid groups is 1. The maximum absolute atomic E-state index is 12.8. The monoisotopic (exact) mass is 817 g/mol. The van der Waals surface area contributed by atoms with Crippen molar-refractivity contribution in [3.63, 3.8) is 0 Å². The van der Waals surface area contributed by atoms with Gasteiger partial charge >= 0.3 is 0 Å². The third-order valence-corrected chi connectivity index (χ3v) is 10.4. The van der Waals surface area contributed by atoms with E-state index in [1.165, 1.54) is 57.8 Å². The molecule has 8 nitrogen and oxygen atoms in total. The van der Waals surface area contributed by atoms with E-state index in [1.807, 2.05) is 21.1 Å². The number of phosphoric ester groups is 1. The van der Waals surface area contributed by atoms with Gasteiger partial charge in [0, 0.05) is 6.42 Å². The Morgan fingerprint density at radius 1 is 0.632 bits per heavy atom. The summed E-state index contributed by atoms with van der Waals surface area (Å²) in [6.07, 6.45) is 53.1. The van der Waals surface area contributed by atoms with Crippen LogP contribution in [0.4, 0.5) is 0 Å². The lowest BCUT2D eigenvalue weighted by atomic mass is 10.0. The van der Waals surface area contributed by atoms with Gasteiger partial charge in [-0.05, 0) is 64.2 Å². The van der Waals surface area contributed by atoms with Gasteiger partial charge in [-0.15, -0.1) is 0 Å². The minimum Gasteiger partial charge on any atom is -0.756 e. The number of nitrogens with one attached hydrogen (secondary N) is 1. The van der Waals surface area contributed by atoms with Crippen LogP contribution in [0.15, 0.2) is 85.1 Å². The molecule has 0 rings (SSSR count). The number of carbonyl (C=O) groups is 1. The van der Waals surface area contributed by atoms with E-state index in [0.29, 0.717) is 23.9 Å². The number of aliphatic hydroxyl groups excluding tert-OH is 1. The number of hydrogen-bond donors (Lipinski definition) is 2. The van der Waals surface area contributed by atoms with Crippen LogP contribution in [-0.4, -0.2) is 68.5 Å². The molecule has 1 amide bonds. The molecule has 0 aliphatic heterocycles. The van der Waals surface area contributed by atoms with Crippen molar-refractivity contribution in [1.82, 2.24) is 5.32 Å². The maximum Gasteiger partial charge on any atom is 0.268 e. The molecule has 0 fully saturated rings. The quantitative estimate of drug-likeness (QED) is 0.0277. The molecule has 2 N–H and O–H groups in total. The summed E-state index contributed by atoms with van der Waals surface area (Å²) in [5.41, 5.74) is 0. The molecule has 3 atom stereocenters. The van der Waals surface area contributed by atoms with Gasteiger partial charge in [0.2, 0.25) is 5.91 Å². The summed E-state index contributed by atoms with van der Waals surface area (Å²) >= 11 is 0. The highest BCUT2D eigenvalue weighted by Crippen LogP contribution is 2.38. The highest BCUT2D eigenvalue weighted by atomic mass is 31.2. The Morgan fingerprint density at radius 2 is 1.05 bits per heavy atom. The van der Waals surface area contributed by atoms with E-state index in [0.717, 1.165) is 70.6 Å². The zero-order chi connectivity index (χ0) is 42.1. The van der Waals surface area contributed by atoms with Crippen LogP contribution in [0, 0.1) is 0 Å². The number of rotatable bonds is 39. The number of hydrogen-bond acceptors (Lipinski definition) is 6. The first-order chi connectivity index (χ1) is 27.5. The largest absolute Gasteiger partial charge is 0.756 e. The van der Waals surface area contributed by atoms with Gasteiger partial charge < -0.3 is 28.8 Å². The molecule has 0 aromatic heterocycles. The smallest absolute Gasteiger partial charge is 0.268 e. The van der Waals surface area contributed by atoms with E-state index < -0.39 is 20.0 Å². The molecule has 0 aliphatic rings. The molecule has 57 heavy (non-hydrogen) atoms. The first-order valence-corrected chi connectivity index (χ1v) is 23.9. The SMILES string of the molecule is CC/C=C\C/C=C\C/C=C\C/C=C\C/C=C\C/C=C\C/C=C\CCCC(=O)NC(COP(=O)([O-])OCC[N+](C)(C)C)C(O)CCCCCCCCCCCCCC. The summed E-state index contributed by atoms with van der Waals surface area (Å²) < 4.78 is 23.2. The molecule has 0 aromatic rings. The van der Waals surface area contributed by atoms with Crippen molar-refractivity contribution in [1.29, 1.82) is 0 Å². The molecule has 3 unspecified atom stereocenters. The van der Waals surface area contributed by atoms with Gasteiger partial charge in [0.15, 0.2) is 0 Å². The van der Waals surface area contributed by atoms with Gasteiger partial charge in [0.25, 0.3) is 7.82 Å². The zero-order valence-corrected chi connectivity index (χ0v) is 37.9. The number of unbranched alkanes of at least 4 members (excludes halogenated alkanes) is 12. The molecule has 0 saturated heterocycles. The Morgan fingerprint density at radius 3 is 1.49 bits per heavy atom. The predicted molar refractivity (Wildman–Crippen MR) is 242 cm³/mol. The lowest BCUT2D eigenvalue weighted by Gasteiger charge is -2.30. The lowest BCUT2D eigenvalue weighted by Crippen LogP contribution is -2.46. The summed E-state index contributed by atoms with van der Waals surface area (Å²) in [4.78, 5) is 25.3. The fourth-order valence-electron chi connectivity index (χ4n) is 5.85. The first-order valence-electron chi connectivity index (χ1n) is 22.4. The summed E-state index contributed by atoms with van der Waals surface area (Å²) in [6, 6.07) is -0.835. The van der Waals surface area contributed by atoms with E-state index in [4.69, 9.17) is 9.05 Å². The molecule has 0 saturated carbocycles. The minimum absolute atomic E-state index is 0.00365. The van der Waals surface area contributed by atoms with Crippen molar-refractivity contribution >= 4 is 13.7 Å². The highest BCUT2D eigenvalue weighted by molar-refractivity contribution is 7.45. The molecule has 0 radical (unpaired) electrons. The number of allylic oxidation sites excluding steroid dienone is 14. The van der Waals surface area contributed by atoms with Crippen molar-refractivity contribution in [2.24, 2.45) is 0 Å². The van der Waals surface area contributed by atoms with E-state index >= 15 is 0 Å². The van der Waals surface area contributed by atoms with Crippen molar-refractivity contribution < 1.29 is 32.9 Å². The minimum atomic E-state index is -4.58. The second-order valence-corrected chi connectivity index (χ2v) is 17.4. The molecule has 0 heterocycles. The predicted octanol–water partition coefficient (Wildman–Crippen LogP) is 11.9. The van der Waals surface area contributed by atoms with Crippen LogP contribution in [-0.2, 0) is 18.4 Å². The second-order valence-electron chi connectivity index (χ2n) is 16.0. The van der Waals surface area contributed by atoms with Gasteiger partial charge in [-0.1, -0.05) is 176 Å². The number of quaternary nitrogens is 1. The lowest BCUT2D eigenvalue weighted by molar-refractivity contribution is -0.870. The first kappa shape index (κ1) is 54.7. The summed E-state index contributed by atoms with van der Waals surface area (Å²) in [6.45, 7) is 4.53. The van der Waals surface area contributed by atoms with Crippen molar-refractivity contribution in [3.8, 4) is 0 Å². The molecule has 9 heteroatoms. The Hall–Kier alpha value is -2.32. The summed E-state index contributed by atoms with van der Waals surface area (Å²) in [5.74, 6) is -0.227. The van der Waals surface area contributed by atoms with E-state index in [1.54, 1.807) is 0 Å². The number of amides is 1. The van der Waals surface area contributed by atoms with Crippen LogP contribution in [0.2, 0.25) is 0 Å². The topological polar surface area (TPSA) is 108 Å². The number of nitrogens with zero attached hydrogens (tertiary/aromatic N) is 1. The Bertz CT molecular complexity index is 1200. The molecular weight excluding hydrogens is 732 g/mol. The zero-order valence-electron chi connectivity index (χ0n) is 37.0. The van der Waals surface area contributed by atoms with Crippen LogP contribution in [0.1, 0.15) is 162 Å². The van der Waals surface area contributed by atoms with Gasteiger partial charge in [-0.3, -0.25) is 9.36 Å². The van der Waals surface area contributed by atoms with Gasteiger partial charge in [-0.2, -0.15) is 0 Å². The molecule has 0 bridgehead atoms. The normalized spacial score (nSPS) is 15.1. The van der Waals surface area contributed by atoms with Gasteiger partial charge in [-0.25, -0.2) is 0 Å². The Kier molecular flexibility index (Phi) is 37.6. The van der Waals surface area contributed by atoms with Crippen LogP contribution in [0.3, 0.4) is 0 Å². The average molecular weight is 817 g/mol. The van der Waals surface area contributed by atoms with Crippen molar-refractivity contribution in [2.45, 2.75) is 174 Å². The molecule has 0 aromatic carbocycles. The van der Waals surface area contributed by atoms with Crippen molar-refractivity contribution in [2.75, 3.05) is 40.9 Å². The molecule has 328 valence electrons. The summed E-state index contributed by atoms with van der Waals surface area (Å²) in [5, 5.41) is 13.8. The highest BCUT2D eigenvalue weighted by Gasteiger charge is 2.24. The van der Waals surface area contributed by atoms with Crippen molar-refractivity contribution in [3.05, 3.63) is 85.1 Å². The van der Waals surface area contributed by atoms with Crippen LogP contribution in [0.25, 0.3) is 0 Å². The van der Waals surface area contributed by atoms with Crippen LogP contribution < -0.4 is 10.2 Å². The fraction of sp³-hybridized carbons (Fsp3) is 0.688. The molecular formula is C48H85N2O6P. The number of aliphatic hydroxyl groups is 1. The standard InChI is InChI=1S/C48H85N2O6P/c1-6-8-10-12-14-16-18-20-21-22-23-24-25-26-27-28-29-30-32-34-36-38-40-42-48(52)49-46(45-56-57(53,54)55-44-43-50(3,4)5)47(51)41-39-37-35-33-31-19-17-15-13-11-9-7-2/h8,10,14,16,20-21,23-24,26-27,29-30,34,36,46-47,51H,6-7,9,11-13,15,17-19,22,25,28,31-33,35,37-45H2,1-5H3,(H-,49,52,53,54)/b10-8-,16-14-,21-20-,24-23-,27-26-,30-29-,36-34-. The third-order valence-electron chi connectivity index (χ3n) is 9.40. The van der Waals surface area contributed by atoms with Crippen LogP contribution in [0.5, 0.6) is 0 Å². The Balaban J connectivity index is 4.47. The van der Waals surface area contributed by atoms with Gasteiger partial charge in [0.05, 0.1) is 39.9 Å². The third kappa shape index (κ3) is 41.6. The van der Waals surface area contributed by atoms with E-state index in [-0.39, 0.29) is 25.5 Å². The fourth-order valence-corrected chi connectivity index (χ4v) is 6.57.